The van der Waals surface area contributed by atoms with Gasteiger partial charge in [-0.3, -0.25) is 9.89 Å². The number of thioether (sulfide) groups is 2. The molecule has 5 nitrogen and oxygen atoms in total. The molecule has 0 fully saturated rings. The molecule has 0 spiro atoms. The molecule has 0 bridgehead atoms. The first-order valence-electron chi connectivity index (χ1n) is 8.38. The number of nitrogens with zero attached hydrogens (tertiary/aromatic N) is 2. The summed E-state index contributed by atoms with van der Waals surface area (Å²) in [4.78, 5) is 17.4. The maximum atomic E-state index is 13.8. The van der Waals surface area contributed by atoms with Crippen molar-refractivity contribution in [1.82, 2.24) is 20.5 Å². The summed E-state index contributed by atoms with van der Waals surface area (Å²) in [5.74, 6) is 0.919. The molecule has 140 valence electrons. The van der Waals surface area contributed by atoms with Gasteiger partial charge in [-0.05, 0) is 31.2 Å². The van der Waals surface area contributed by atoms with E-state index < -0.39 is 0 Å². The van der Waals surface area contributed by atoms with E-state index in [2.05, 4.69) is 51.7 Å². The molecule has 0 aliphatic rings. The first-order chi connectivity index (χ1) is 13.1. The van der Waals surface area contributed by atoms with E-state index in [0.717, 1.165) is 5.75 Å². The molecule has 2 N–H and O–H groups in total. The van der Waals surface area contributed by atoms with Gasteiger partial charge in [-0.25, -0.2) is 9.37 Å². The van der Waals surface area contributed by atoms with Crippen molar-refractivity contribution in [3.8, 4) is 11.4 Å². The molecule has 1 heterocycles. The quantitative estimate of drug-likeness (QED) is 0.441. The van der Waals surface area contributed by atoms with Gasteiger partial charge in [0.25, 0.3) is 0 Å². The second kappa shape index (κ2) is 9.57. The maximum absolute atomic E-state index is 13.8. The predicted octanol–water partition coefficient (Wildman–Crippen LogP) is 3.92. The number of benzene rings is 2. The minimum atomic E-state index is -0.367. The van der Waals surface area contributed by atoms with Crippen LogP contribution in [0.5, 0.6) is 0 Å². The van der Waals surface area contributed by atoms with E-state index in [-0.39, 0.29) is 17.5 Å². The van der Waals surface area contributed by atoms with Crippen molar-refractivity contribution in [2.75, 3.05) is 18.1 Å². The highest BCUT2D eigenvalue weighted by Gasteiger charge is 2.11. The van der Waals surface area contributed by atoms with Crippen LogP contribution in [-0.2, 0) is 4.79 Å². The van der Waals surface area contributed by atoms with Gasteiger partial charge in [0.15, 0.2) is 5.82 Å². The van der Waals surface area contributed by atoms with Crippen LogP contribution in [0.1, 0.15) is 5.56 Å². The number of halogens is 1. The summed E-state index contributed by atoms with van der Waals surface area (Å²) in [5, 5.41) is 10.0. The molecule has 1 aromatic heterocycles. The lowest BCUT2D eigenvalue weighted by Crippen LogP contribution is -2.27. The summed E-state index contributed by atoms with van der Waals surface area (Å²) >= 11 is 2.91. The number of carbonyl (C=O) groups excluding carboxylic acids is 1. The Kier molecular flexibility index (Phi) is 6.89. The van der Waals surface area contributed by atoms with Crippen LogP contribution in [0.25, 0.3) is 11.4 Å². The lowest BCUT2D eigenvalue weighted by Gasteiger charge is -2.04. The molecule has 0 saturated heterocycles. The van der Waals surface area contributed by atoms with Crippen LogP contribution in [-0.4, -0.2) is 39.1 Å². The number of amides is 1. The van der Waals surface area contributed by atoms with E-state index >= 15 is 0 Å². The Morgan fingerprint density at radius 1 is 1.15 bits per heavy atom. The second-order valence-corrected chi connectivity index (χ2v) is 7.86. The molecule has 1 amide bonds. The zero-order valence-electron chi connectivity index (χ0n) is 14.7. The second-order valence-electron chi connectivity index (χ2n) is 5.75. The van der Waals surface area contributed by atoms with Crippen molar-refractivity contribution in [2.45, 2.75) is 17.0 Å². The number of nitrogens with one attached hydrogen (secondary N) is 2. The van der Waals surface area contributed by atoms with E-state index in [1.807, 2.05) is 0 Å². The van der Waals surface area contributed by atoms with Gasteiger partial charge in [-0.2, -0.15) is 0 Å². The third-order valence-electron chi connectivity index (χ3n) is 3.64. The fourth-order valence-electron chi connectivity index (χ4n) is 2.26. The Morgan fingerprint density at radius 2 is 1.93 bits per heavy atom. The Bertz CT molecular complexity index is 899. The highest BCUT2D eigenvalue weighted by atomic mass is 32.2. The summed E-state index contributed by atoms with van der Waals surface area (Å²) in [5.41, 5.74) is 1.59. The van der Waals surface area contributed by atoms with Gasteiger partial charge in [0.2, 0.25) is 11.1 Å². The summed E-state index contributed by atoms with van der Waals surface area (Å²) < 4.78 is 13.8. The Balaban J connectivity index is 1.39. The zero-order chi connectivity index (χ0) is 19.1. The number of H-pyrrole nitrogens is 1. The van der Waals surface area contributed by atoms with Gasteiger partial charge in [-0.15, -0.1) is 16.9 Å². The van der Waals surface area contributed by atoms with Crippen LogP contribution < -0.4 is 5.32 Å². The predicted molar refractivity (Wildman–Crippen MR) is 107 cm³/mol. The molecule has 0 aliphatic heterocycles. The zero-order valence-corrected chi connectivity index (χ0v) is 16.4. The lowest BCUT2D eigenvalue weighted by atomic mass is 10.2. The van der Waals surface area contributed by atoms with Crippen LogP contribution in [0.4, 0.5) is 4.39 Å². The topological polar surface area (TPSA) is 70.7 Å². The molecule has 2 aromatic carbocycles. The van der Waals surface area contributed by atoms with Crippen LogP contribution in [0, 0.1) is 12.7 Å². The molecule has 0 radical (unpaired) electrons. The number of hydrogen-bond donors (Lipinski definition) is 2. The first-order valence-corrected chi connectivity index (χ1v) is 10.4. The fraction of sp³-hybridized carbons (Fsp3) is 0.211. The third kappa shape index (κ3) is 5.83. The molecule has 3 aromatic rings. The largest absolute Gasteiger partial charge is 0.355 e. The fourth-order valence-corrected chi connectivity index (χ4v) is 3.66. The molecule has 27 heavy (non-hydrogen) atoms. The molecule has 3 rings (SSSR count). The number of hydrogen-bond acceptors (Lipinski definition) is 5. The normalized spacial score (nSPS) is 10.7. The van der Waals surface area contributed by atoms with Gasteiger partial charge in [0.05, 0.1) is 11.3 Å². The lowest BCUT2D eigenvalue weighted by molar-refractivity contribution is -0.118. The third-order valence-corrected chi connectivity index (χ3v) is 5.50. The Hall–Kier alpha value is -2.32. The van der Waals surface area contributed by atoms with Gasteiger partial charge in [0, 0.05) is 17.2 Å². The van der Waals surface area contributed by atoms with Crippen molar-refractivity contribution < 1.29 is 9.18 Å². The summed E-state index contributed by atoms with van der Waals surface area (Å²) in [7, 11) is 0. The van der Waals surface area contributed by atoms with E-state index in [4.69, 9.17) is 0 Å². The van der Waals surface area contributed by atoms with Gasteiger partial charge in [-0.1, -0.05) is 41.6 Å². The van der Waals surface area contributed by atoms with Gasteiger partial charge >= 0.3 is 0 Å². The average Bonchev–Trinajstić information content (AvgIpc) is 3.14. The molecular formula is C19H19FN4OS2. The number of aromatic amines is 1. The van der Waals surface area contributed by atoms with Crippen molar-refractivity contribution in [1.29, 1.82) is 0 Å². The minimum Gasteiger partial charge on any atom is -0.355 e. The SMILES string of the molecule is Cc1ccc(SCCNC(=O)CSc2n[nH]c(-c3ccccc3F)n2)cc1. The number of aromatic nitrogens is 3. The van der Waals surface area contributed by atoms with Crippen molar-refractivity contribution in [2.24, 2.45) is 0 Å². The van der Waals surface area contributed by atoms with E-state index in [1.54, 1.807) is 30.0 Å². The highest BCUT2D eigenvalue weighted by Crippen LogP contribution is 2.21. The van der Waals surface area contributed by atoms with Gasteiger partial charge < -0.3 is 5.32 Å². The molecule has 0 unspecified atom stereocenters. The molecular weight excluding hydrogens is 383 g/mol. The van der Waals surface area contributed by atoms with E-state index in [1.165, 1.54) is 28.3 Å². The van der Waals surface area contributed by atoms with Crippen LogP contribution >= 0.6 is 23.5 Å². The monoisotopic (exact) mass is 402 g/mol. The van der Waals surface area contributed by atoms with E-state index in [9.17, 15) is 9.18 Å². The molecule has 0 aliphatic carbocycles. The van der Waals surface area contributed by atoms with Crippen LogP contribution in [0.2, 0.25) is 0 Å². The van der Waals surface area contributed by atoms with Gasteiger partial charge in [0.1, 0.15) is 5.82 Å². The number of carbonyl (C=O) groups is 1. The molecule has 0 atom stereocenters. The smallest absolute Gasteiger partial charge is 0.230 e. The first kappa shape index (κ1) is 19.4. The molecule has 0 saturated carbocycles. The summed E-state index contributed by atoms with van der Waals surface area (Å²) in [6.45, 7) is 2.65. The Morgan fingerprint density at radius 3 is 2.70 bits per heavy atom. The standard InChI is InChI=1S/C19H19FN4OS2/c1-13-6-8-14(9-7-13)26-11-10-21-17(25)12-27-19-22-18(23-24-19)15-4-2-3-5-16(15)20/h2-9H,10-12H2,1H3,(H,21,25)(H,22,23,24). The summed E-state index contributed by atoms with van der Waals surface area (Å²) in [6.07, 6.45) is 0. The van der Waals surface area contributed by atoms with Crippen molar-refractivity contribution in [3.05, 3.63) is 59.9 Å². The highest BCUT2D eigenvalue weighted by molar-refractivity contribution is 7.99. The average molecular weight is 403 g/mol. The maximum Gasteiger partial charge on any atom is 0.230 e. The molecule has 8 heteroatoms. The van der Waals surface area contributed by atoms with E-state index in [0.29, 0.717) is 23.1 Å². The van der Waals surface area contributed by atoms with Crippen LogP contribution in [0.15, 0.2) is 58.6 Å². The number of aryl methyl sites for hydroxylation is 1. The Labute approximate surface area is 165 Å². The number of rotatable bonds is 8. The minimum absolute atomic E-state index is 0.0817. The summed E-state index contributed by atoms with van der Waals surface area (Å²) in [6, 6.07) is 14.6. The van der Waals surface area contributed by atoms with Crippen LogP contribution in [0.3, 0.4) is 0 Å². The van der Waals surface area contributed by atoms with Crippen molar-refractivity contribution >= 4 is 29.4 Å². The van der Waals surface area contributed by atoms with Crippen molar-refractivity contribution in [3.63, 3.8) is 0 Å².